The van der Waals surface area contributed by atoms with Gasteiger partial charge in [0.15, 0.2) is 0 Å². The van der Waals surface area contributed by atoms with Crippen LogP contribution in [0.2, 0.25) is 0 Å². The van der Waals surface area contributed by atoms with Gasteiger partial charge in [0.05, 0.1) is 5.75 Å². The van der Waals surface area contributed by atoms with Crippen molar-refractivity contribution in [1.82, 2.24) is 4.72 Å². The van der Waals surface area contributed by atoms with Gasteiger partial charge in [0, 0.05) is 12.8 Å². The van der Waals surface area contributed by atoms with Crippen LogP contribution in [0, 0.1) is 5.92 Å². The monoisotopic (exact) mass is 333 g/mol. The molecule has 122 valence electrons. The van der Waals surface area contributed by atoms with Crippen LogP contribution < -0.4 is 4.72 Å². The van der Waals surface area contributed by atoms with E-state index in [0.717, 1.165) is 0 Å². The van der Waals surface area contributed by atoms with Crippen molar-refractivity contribution in [1.29, 1.82) is 0 Å². The first-order valence-electron chi connectivity index (χ1n) is 6.81. The third-order valence-electron chi connectivity index (χ3n) is 3.53. The number of hydrogen-bond donors (Lipinski definition) is 2. The first kappa shape index (κ1) is 16.8. The summed E-state index contributed by atoms with van der Waals surface area (Å²) in [5, 5.41) is 9.14. The van der Waals surface area contributed by atoms with Crippen molar-refractivity contribution >= 4 is 16.0 Å². The summed E-state index contributed by atoms with van der Waals surface area (Å²) in [6.07, 6.45) is -0.940. The Bertz CT molecular complexity index is 626. The summed E-state index contributed by atoms with van der Waals surface area (Å²) in [6.45, 7) is 0. The fourth-order valence-corrected chi connectivity index (χ4v) is 4.08. The first-order valence-corrected chi connectivity index (χ1v) is 8.47. The van der Waals surface area contributed by atoms with Gasteiger partial charge in [-0.3, -0.25) is 4.79 Å². The SMILES string of the molecule is O=C(O)[C@H](Cc1ccccc1)NS(=O)(=O)CC1CC(F)(F)C1. The molecule has 1 atom stereocenters. The van der Waals surface area contributed by atoms with Crippen LogP contribution in [0.1, 0.15) is 18.4 Å². The molecule has 0 amide bonds. The number of aliphatic carboxylic acids is 1. The van der Waals surface area contributed by atoms with Crippen LogP contribution in [-0.2, 0) is 21.2 Å². The lowest BCUT2D eigenvalue weighted by molar-refractivity contribution is -0.139. The molecule has 0 bridgehead atoms. The third kappa shape index (κ3) is 4.74. The van der Waals surface area contributed by atoms with Gasteiger partial charge in [-0.15, -0.1) is 0 Å². The fourth-order valence-electron chi connectivity index (χ4n) is 2.51. The minimum atomic E-state index is -3.92. The Morgan fingerprint density at radius 3 is 2.41 bits per heavy atom. The lowest BCUT2D eigenvalue weighted by Gasteiger charge is -2.34. The summed E-state index contributed by atoms with van der Waals surface area (Å²) < 4.78 is 51.4. The third-order valence-corrected chi connectivity index (χ3v) is 5.09. The van der Waals surface area contributed by atoms with Gasteiger partial charge in [-0.2, -0.15) is 0 Å². The minimum Gasteiger partial charge on any atom is -0.480 e. The average molecular weight is 333 g/mol. The number of rotatable bonds is 7. The van der Waals surface area contributed by atoms with E-state index in [9.17, 15) is 22.0 Å². The Hall–Kier alpha value is -1.54. The van der Waals surface area contributed by atoms with Gasteiger partial charge < -0.3 is 5.11 Å². The number of hydrogen-bond acceptors (Lipinski definition) is 3. The van der Waals surface area contributed by atoms with E-state index in [0.29, 0.717) is 5.56 Å². The molecule has 1 fully saturated rings. The molecule has 0 unspecified atom stereocenters. The Morgan fingerprint density at radius 1 is 1.32 bits per heavy atom. The van der Waals surface area contributed by atoms with Gasteiger partial charge in [0.1, 0.15) is 6.04 Å². The number of alkyl halides is 2. The average Bonchev–Trinajstić information content (AvgIpc) is 2.36. The zero-order valence-electron chi connectivity index (χ0n) is 11.7. The zero-order chi connectivity index (χ0) is 16.4. The lowest BCUT2D eigenvalue weighted by Crippen LogP contribution is -2.47. The maximum absolute atomic E-state index is 12.7. The predicted molar refractivity (Wildman–Crippen MR) is 76.2 cm³/mol. The van der Waals surface area contributed by atoms with Crippen LogP contribution in [0.5, 0.6) is 0 Å². The zero-order valence-corrected chi connectivity index (χ0v) is 12.5. The topological polar surface area (TPSA) is 83.5 Å². The Balaban J connectivity index is 1.96. The normalized spacial score (nSPS) is 19.4. The standard InChI is InChI=1S/C14H17F2NO4S/c15-14(16)7-11(8-14)9-22(20,21)17-12(13(18)19)6-10-4-2-1-3-5-10/h1-5,11-12,17H,6-9H2,(H,18,19)/t12-/m0/s1. The molecule has 0 aliphatic heterocycles. The van der Waals surface area contributed by atoms with Crippen molar-refractivity contribution in [3.05, 3.63) is 35.9 Å². The molecule has 0 heterocycles. The van der Waals surface area contributed by atoms with Gasteiger partial charge >= 0.3 is 5.97 Å². The molecular weight excluding hydrogens is 316 g/mol. The molecule has 22 heavy (non-hydrogen) atoms. The van der Waals surface area contributed by atoms with E-state index in [-0.39, 0.29) is 6.42 Å². The molecule has 0 aromatic heterocycles. The molecule has 0 saturated heterocycles. The van der Waals surface area contributed by atoms with Crippen LogP contribution in [-0.4, -0.2) is 37.2 Å². The predicted octanol–water partition coefficient (Wildman–Crippen LogP) is 1.65. The molecular formula is C14H17F2NO4S. The van der Waals surface area contributed by atoms with Crippen molar-refractivity contribution in [2.45, 2.75) is 31.2 Å². The summed E-state index contributed by atoms with van der Waals surface area (Å²) in [6, 6.07) is 7.28. The molecule has 1 aromatic rings. The highest BCUT2D eigenvalue weighted by Crippen LogP contribution is 2.42. The van der Waals surface area contributed by atoms with Crippen molar-refractivity contribution in [3.63, 3.8) is 0 Å². The Kier molecular flexibility index (Phi) is 4.81. The highest BCUT2D eigenvalue weighted by Gasteiger charge is 2.47. The lowest BCUT2D eigenvalue weighted by atomic mass is 9.83. The van der Waals surface area contributed by atoms with E-state index in [1.165, 1.54) is 0 Å². The summed E-state index contributed by atoms with van der Waals surface area (Å²) >= 11 is 0. The smallest absolute Gasteiger partial charge is 0.322 e. The molecule has 1 aliphatic carbocycles. The second kappa shape index (κ2) is 6.29. The molecule has 0 spiro atoms. The number of carboxylic acid groups (broad SMARTS) is 1. The number of benzene rings is 1. The van der Waals surface area contributed by atoms with Crippen LogP contribution in [0.25, 0.3) is 0 Å². The van der Waals surface area contributed by atoms with E-state index in [1.807, 2.05) is 0 Å². The molecule has 1 saturated carbocycles. The molecule has 2 N–H and O–H groups in total. The van der Waals surface area contributed by atoms with E-state index in [4.69, 9.17) is 5.11 Å². The second-order valence-electron chi connectivity index (χ2n) is 5.61. The number of nitrogens with one attached hydrogen (secondary N) is 1. The van der Waals surface area contributed by atoms with Gasteiger partial charge in [-0.1, -0.05) is 30.3 Å². The van der Waals surface area contributed by atoms with Crippen LogP contribution >= 0.6 is 0 Å². The van der Waals surface area contributed by atoms with E-state index in [1.54, 1.807) is 30.3 Å². The quantitative estimate of drug-likeness (QED) is 0.795. The first-order chi connectivity index (χ1) is 10.2. The molecule has 1 aromatic carbocycles. The Morgan fingerprint density at radius 2 is 1.91 bits per heavy atom. The van der Waals surface area contributed by atoms with Crippen molar-refractivity contribution in [2.24, 2.45) is 5.92 Å². The van der Waals surface area contributed by atoms with Crippen LogP contribution in [0.4, 0.5) is 8.78 Å². The number of carboxylic acids is 1. The van der Waals surface area contributed by atoms with Crippen molar-refractivity contribution in [2.75, 3.05) is 5.75 Å². The van der Waals surface area contributed by atoms with Gasteiger partial charge in [0.25, 0.3) is 0 Å². The fraction of sp³-hybridized carbons (Fsp3) is 0.500. The molecule has 8 heteroatoms. The molecule has 5 nitrogen and oxygen atoms in total. The highest BCUT2D eigenvalue weighted by molar-refractivity contribution is 7.89. The Labute approximate surface area is 127 Å². The van der Waals surface area contributed by atoms with E-state index >= 15 is 0 Å². The van der Waals surface area contributed by atoms with E-state index < -0.39 is 52.5 Å². The maximum Gasteiger partial charge on any atom is 0.322 e. The largest absolute Gasteiger partial charge is 0.480 e. The summed E-state index contributed by atoms with van der Waals surface area (Å²) in [5.74, 6) is -5.19. The molecule has 0 radical (unpaired) electrons. The van der Waals surface area contributed by atoms with Crippen molar-refractivity contribution in [3.8, 4) is 0 Å². The maximum atomic E-state index is 12.7. The molecule has 2 rings (SSSR count). The highest BCUT2D eigenvalue weighted by atomic mass is 32.2. The van der Waals surface area contributed by atoms with Crippen LogP contribution in [0.15, 0.2) is 30.3 Å². The van der Waals surface area contributed by atoms with Gasteiger partial charge in [-0.05, 0) is 17.9 Å². The van der Waals surface area contributed by atoms with Crippen LogP contribution in [0.3, 0.4) is 0 Å². The summed E-state index contributed by atoms with van der Waals surface area (Å²) in [4.78, 5) is 11.2. The minimum absolute atomic E-state index is 0.00374. The number of carbonyl (C=O) groups is 1. The van der Waals surface area contributed by atoms with Gasteiger partial charge in [-0.25, -0.2) is 21.9 Å². The molecule has 1 aliphatic rings. The number of halogens is 2. The summed E-state index contributed by atoms with van der Waals surface area (Å²) in [7, 11) is -3.92. The van der Waals surface area contributed by atoms with E-state index in [2.05, 4.69) is 4.72 Å². The van der Waals surface area contributed by atoms with Gasteiger partial charge in [0.2, 0.25) is 15.9 Å². The second-order valence-corrected chi connectivity index (χ2v) is 7.41. The summed E-state index contributed by atoms with van der Waals surface area (Å²) in [5.41, 5.74) is 0.674. The number of sulfonamides is 1. The van der Waals surface area contributed by atoms with Crippen molar-refractivity contribution < 1.29 is 27.1 Å².